The molecule has 0 spiro atoms. The number of benzene rings is 1. The molecule has 0 aliphatic carbocycles. The molecule has 2 saturated heterocycles. The van der Waals surface area contributed by atoms with Crippen LogP contribution in [0.4, 0.5) is 5.69 Å². The SMILES string of the molecule is CC(C)c1ccc(N2C(=O)CC3CNCCC32)cc1. The van der Waals surface area contributed by atoms with Crippen LogP contribution in [-0.4, -0.2) is 25.0 Å². The van der Waals surface area contributed by atoms with Crippen LogP contribution in [0, 0.1) is 5.92 Å². The number of anilines is 1. The normalized spacial score (nSPS) is 26.9. The quantitative estimate of drug-likeness (QED) is 0.884. The second-order valence-electron chi connectivity index (χ2n) is 6.03. The molecule has 1 N–H and O–H groups in total. The second-order valence-corrected chi connectivity index (χ2v) is 6.03. The summed E-state index contributed by atoms with van der Waals surface area (Å²) in [5.74, 6) is 1.32. The fraction of sp³-hybridized carbons (Fsp3) is 0.562. The average molecular weight is 258 g/mol. The van der Waals surface area contributed by atoms with Crippen molar-refractivity contribution in [2.75, 3.05) is 18.0 Å². The van der Waals surface area contributed by atoms with E-state index in [2.05, 4.69) is 43.4 Å². The van der Waals surface area contributed by atoms with Crippen molar-refractivity contribution in [2.24, 2.45) is 5.92 Å². The number of hydrogen-bond acceptors (Lipinski definition) is 2. The van der Waals surface area contributed by atoms with Gasteiger partial charge in [0.15, 0.2) is 0 Å². The largest absolute Gasteiger partial charge is 0.316 e. The van der Waals surface area contributed by atoms with Crippen LogP contribution in [0.5, 0.6) is 0 Å². The van der Waals surface area contributed by atoms with Crippen molar-refractivity contribution in [2.45, 2.75) is 38.6 Å². The van der Waals surface area contributed by atoms with Gasteiger partial charge in [-0.25, -0.2) is 0 Å². The Labute approximate surface area is 115 Å². The number of piperidine rings is 1. The lowest BCUT2D eigenvalue weighted by Gasteiger charge is -2.32. The van der Waals surface area contributed by atoms with Gasteiger partial charge in [0.05, 0.1) is 0 Å². The van der Waals surface area contributed by atoms with Gasteiger partial charge in [-0.1, -0.05) is 26.0 Å². The molecule has 0 bridgehead atoms. The predicted octanol–water partition coefficient (Wildman–Crippen LogP) is 2.52. The Morgan fingerprint density at radius 3 is 2.68 bits per heavy atom. The molecular weight excluding hydrogens is 236 g/mol. The molecule has 3 nitrogen and oxygen atoms in total. The maximum absolute atomic E-state index is 12.3. The Balaban J connectivity index is 1.86. The number of rotatable bonds is 2. The summed E-state index contributed by atoms with van der Waals surface area (Å²) in [5.41, 5.74) is 2.40. The van der Waals surface area contributed by atoms with Gasteiger partial charge >= 0.3 is 0 Å². The van der Waals surface area contributed by atoms with Crippen LogP contribution >= 0.6 is 0 Å². The highest BCUT2D eigenvalue weighted by Gasteiger charge is 2.41. The summed E-state index contributed by atoms with van der Waals surface area (Å²) in [4.78, 5) is 14.3. The Morgan fingerprint density at radius 1 is 1.26 bits per heavy atom. The van der Waals surface area contributed by atoms with E-state index < -0.39 is 0 Å². The van der Waals surface area contributed by atoms with Crippen molar-refractivity contribution in [3.63, 3.8) is 0 Å². The minimum absolute atomic E-state index is 0.288. The Kier molecular flexibility index (Phi) is 3.31. The molecule has 2 aliphatic heterocycles. The number of carbonyl (C=O) groups excluding carboxylic acids is 1. The second kappa shape index (κ2) is 4.97. The highest BCUT2D eigenvalue weighted by Crippen LogP contribution is 2.34. The predicted molar refractivity (Wildman–Crippen MR) is 77.4 cm³/mol. The maximum atomic E-state index is 12.3. The first-order valence-corrected chi connectivity index (χ1v) is 7.29. The lowest BCUT2D eigenvalue weighted by Crippen LogP contribution is -2.44. The summed E-state index contributed by atoms with van der Waals surface area (Å²) < 4.78 is 0. The third-order valence-electron chi connectivity index (χ3n) is 4.44. The molecule has 2 fully saturated rings. The van der Waals surface area contributed by atoms with Gasteiger partial charge in [0.25, 0.3) is 0 Å². The van der Waals surface area contributed by atoms with E-state index in [0.717, 1.165) is 25.2 Å². The van der Waals surface area contributed by atoms with E-state index in [1.165, 1.54) is 5.56 Å². The molecule has 0 aromatic heterocycles. The van der Waals surface area contributed by atoms with Crippen molar-refractivity contribution in [1.82, 2.24) is 5.32 Å². The molecule has 3 heteroatoms. The van der Waals surface area contributed by atoms with E-state index in [9.17, 15) is 4.79 Å². The fourth-order valence-electron chi connectivity index (χ4n) is 3.32. The van der Waals surface area contributed by atoms with Gasteiger partial charge < -0.3 is 10.2 Å². The van der Waals surface area contributed by atoms with Gasteiger partial charge in [-0.2, -0.15) is 0 Å². The van der Waals surface area contributed by atoms with Crippen LogP contribution in [0.2, 0.25) is 0 Å². The molecule has 1 aromatic carbocycles. The lowest BCUT2D eigenvalue weighted by atomic mass is 9.94. The number of carbonyl (C=O) groups is 1. The number of amides is 1. The smallest absolute Gasteiger partial charge is 0.227 e. The number of fused-ring (bicyclic) bond motifs is 1. The molecule has 1 amide bonds. The summed E-state index contributed by atoms with van der Waals surface area (Å²) in [7, 11) is 0. The van der Waals surface area contributed by atoms with Gasteiger partial charge in [-0.3, -0.25) is 4.79 Å². The van der Waals surface area contributed by atoms with Crippen molar-refractivity contribution in [1.29, 1.82) is 0 Å². The molecular formula is C16H22N2O. The Morgan fingerprint density at radius 2 is 2.00 bits per heavy atom. The standard InChI is InChI=1S/C16H22N2O/c1-11(2)12-3-5-14(6-4-12)18-15-7-8-17-10-13(15)9-16(18)19/h3-6,11,13,15,17H,7-10H2,1-2H3. The molecule has 0 saturated carbocycles. The molecule has 2 atom stereocenters. The molecule has 1 aromatic rings. The fourth-order valence-corrected chi connectivity index (χ4v) is 3.32. The van der Waals surface area contributed by atoms with E-state index in [0.29, 0.717) is 24.3 Å². The first kappa shape index (κ1) is 12.7. The van der Waals surface area contributed by atoms with E-state index in [1.807, 2.05) is 4.90 Å². The number of hydrogen-bond donors (Lipinski definition) is 1. The minimum Gasteiger partial charge on any atom is -0.316 e. The van der Waals surface area contributed by atoms with E-state index >= 15 is 0 Å². The summed E-state index contributed by atoms with van der Waals surface area (Å²) >= 11 is 0. The number of nitrogens with zero attached hydrogens (tertiary/aromatic N) is 1. The molecule has 3 rings (SSSR count). The van der Waals surface area contributed by atoms with Crippen LogP contribution < -0.4 is 10.2 Å². The highest BCUT2D eigenvalue weighted by atomic mass is 16.2. The van der Waals surface area contributed by atoms with E-state index in [-0.39, 0.29) is 5.91 Å². The zero-order valence-electron chi connectivity index (χ0n) is 11.7. The highest BCUT2D eigenvalue weighted by molar-refractivity contribution is 5.96. The first-order chi connectivity index (χ1) is 9.16. The van der Waals surface area contributed by atoms with E-state index in [1.54, 1.807) is 0 Å². The van der Waals surface area contributed by atoms with Crippen molar-refractivity contribution in [3.8, 4) is 0 Å². The van der Waals surface area contributed by atoms with Crippen LogP contribution in [0.15, 0.2) is 24.3 Å². The number of nitrogens with one attached hydrogen (secondary N) is 1. The van der Waals surface area contributed by atoms with Crippen molar-refractivity contribution in [3.05, 3.63) is 29.8 Å². The van der Waals surface area contributed by atoms with E-state index in [4.69, 9.17) is 0 Å². The molecule has 2 aliphatic rings. The van der Waals surface area contributed by atoms with Gasteiger partial charge in [-0.15, -0.1) is 0 Å². The third-order valence-corrected chi connectivity index (χ3v) is 4.44. The van der Waals surface area contributed by atoms with Crippen LogP contribution in [-0.2, 0) is 4.79 Å². The average Bonchev–Trinajstić information content (AvgIpc) is 2.74. The summed E-state index contributed by atoms with van der Waals surface area (Å²) in [6.45, 7) is 6.39. The van der Waals surface area contributed by atoms with Gasteiger partial charge in [0.2, 0.25) is 5.91 Å². The molecule has 2 heterocycles. The van der Waals surface area contributed by atoms with Gasteiger partial charge in [0, 0.05) is 30.6 Å². The zero-order valence-corrected chi connectivity index (χ0v) is 11.7. The van der Waals surface area contributed by atoms with Crippen molar-refractivity contribution < 1.29 is 4.79 Å². The first-order valence-electron chi connectivity index (χ1n) is 7.29. The Bertz CT molecular complexity index is 466. The molecule has 0 radical (unpaired) electrons. The van der Waals surface area contributed by atoms with Gasteiger partial charge in [-0.05, 0) is 36.6 Å². The molecule has 19 heavy (non-hydrogen) atoms. The lowest BCUT2D eigenvalue weighted by molar-refractivity contribution is -0.117. The molecule has 2 unspecified atom stereocenters. The van der Waals surface area contributed by atoms with Crippen molar-refractivity contribution >= 4 is 11.6 Å². The zero-order chi connectivity index (χ0) is 13.4. The molecule has 102 valence electrons. The summed E-state index contributed by atoms with van der Waals surface area (Å²) in [5, 5.41) is 3.39. The van der Waals surface area contributed by atoms with Crippen LogP contribution in [0.1, 0.15) is 38.2 Å². The topological polar surface area (TPSA) is 32.3 Å². The van der Waals surface area contributed by atoms with Gasteiger partial charge in [0.1, 0.15) is 0 Å². The summed E-state index contributed by atoms with van der Waals surface area (Å²) in [6.07, 6.45) is 1.77. The Hall–Kier alpha value is -1.35. The van der Waals surface area contributed by atoms with Crippen LogP contribution in [0.3, 0.4) is 0 Å². The third kappa shape index (κ3) is 2.27. The monoisotopic (exact) mass is 258 g/mol. The summed E-state index contributed by atoms with van der Waals surface area (Å²) in [6, 6.07) is 8.93. The minimum atomic E-state index is 0.288. The maximum Gasteiger partial charge on any atom is 0.227 e. The van der Waals surface area contributed by atoms with Crippen LogP contribution in [0.25, 0.3) is 0 Å².